The van der Waals surface area contributed by atoms with E-state index in [1.54, 1.807) is 11.8 Å². The Kier molecular flexibility index (Phi) is 6.67. The lowest BCUT2D eigenvalue weighted by molar-refractivity contribution is -0.133. The lowest BCUT2D eigenvalue weighted by Crippen LogP contribution is -2.15. The molecule has 0 saturated carbocycles. The molecule has 0 radical (unpaired) electrons. The molecule has 0 atom stereocenters. The van der Waals surface area contributed by atoms with Crippen LogP contribution in [-0.4, -0.2) is 34.2 Å². The van der Waals surface area contributed by atoms with Gasteiger partial charge in [0.25, 0.3) is 0 Å². The van der Waals surface area contributed by atoms with Gasteiger partial charge in [-0.2, -0.15) is 0 Å². The number of benzene rings is 1. The van der Waals surface area contributed by atoms with Crippen LogP contribution < -0.4 is 5.32 Å². The highest BCUT2D eigenvalue weighted by Gasteiger charge is 2.07. The zero-order chi connectivity index (χ0) is 13.4. The summed E-state index contributed by atoms with van der Waals surface area (Å²) in [6.07, 6.45) is 0. The minimum Gasteiger partial charge on any atom is -0.481 e. The number of aliphatic carboxylic acids is 1. The summed E-state index contributed by atoms with van der Waals surface area (Å²) in [5, 5.41) is 11.3. The van der Waals surface area contributed by atoms with Crippen LogP contribution in [0.4, 0.5) is 5.69 Å². The number of amides is 1. The van der Waals surface area contributed by atoms with Gasteiger partial charge in [-0.3, -0.25) is 9.59 Å². The van der Waals surface area contributed by atoms with E-state index in [1.165, 1.54) is 0 Å². The van der Waals surface area contributed by atoms with Crippen molar-refractivity contribution in [3.63, 3.8) is 0 Å². The van der Waals surface area contributed by atoms with E-state index in [1.807, 2.05) is 31.2 Å². The van der Waals surface area contributed by atoms with Crippen molar-refractivity contribution in [3.05, 3.63) is 24.3 Å². The minimum atomic E-state index is -0.908. The van der Waals surface area contributed by atoms with Gasteiger partial charge in [-0.25, -0.2) is 0 Å². The van der Waals surface area contributed by atoms with E-state index in [0.29, 0.717) is 0 Å². The molecule has 18 heavy (non-hydrogen) atoms. The molecule has 1 amide bonds. The van der Waals surface area contributed by atoms with Crippen molar-refractivity contribution in [1.29, 1.82) is 0 Å². The molecule has 6 heteroatoms. The SMILES string of the molecule is CCSc1ccccc1NC(=O)CSCC(=O)O. The first-order valence-corrected chi connectivity index (χ1v) is 7.58. The number of para-hydroxylation sites is 1. The highest BCUT2D eigenvalue weighted by molar-refractivity contribution is 8.00. The highest BCUT2D eigenvalue weighted by atomic mass is 32.2. The lowest BCUT2D eigenvalue weighted by Gasteiger charge is -2.09. The summed E-state index contributed by atoms with van der Waals surface area (Å²) >= 11 is 2.75. The van der Waals surface area contributed by atoms with E-state index in [2.05, 4.69) is 5.32 Å². The van der Waals surface area contributed by atoms with Gasteiger partial charge in [-0.05, 0) is 17.9 Å². The van der Waals surface area contributed by atoms with Crippen molar-refractivity contribution in [2.24, 2.45) is 0 Å². The van der Waals surface area contributed by atoms with Gasteiger partial charge < -0.3 is 10.4 Å². The first kappa shape index (κ1) is 14.9. The van der Waals surface area contributed by atoms with E-state index in [4.69, 9.17) is 5.11 Å². The molecule has 0 spiro atoms. The first-order chi connectivity index (χ1) is 8.63. The van der Waals surface area contributed by atoms with Gasteiger partial charge >= 0.3 is 5.97 Å². The summed E-state index contributed by atoms with van der Waals surface area (Å²) < 4.78 is 0. The maximum Gasteiger partial charge on any atom is 0.313 e. The van der Waals surface area contributed by atoms with Crippen molar-refractivity contribution >= 4 is 41.1 Å². The predicted molar refractivity (Wildman–Crippen MR) is 76.4 cm³/mol. The number of carboxylic acids is 1. The summed E-state index contributed by atoms with van der Waals surface area (Å²) in [6.45, 7) is 2.05. The average molecular weight is 285 g/mol. The zero-order valence-electron chi connectivity index (χ0n) is 10.0. The van der Waals surface area contributed by atoms with Gasteiger partial charge in [0.15, 0.2) is 0 Å². The number of hydrogen-bond acceptors (Lipinski definition) is 4. The number of nitrogens with one attached hydrogen (secondary N) is 1. The Balaban J connectivity index is 2.50. The van der Waals surface area contributed by atoms with Crippen molar-refractivity contribution in [2.45, 2.75) is 11.8 Å². The number of hydrogen-bond donors (Lipinski definition) is 2. The van der Waals surface area contributed by atoms with Crippen LogP contribution in [0.15, 0.2) is 29.2 Å². The van der Waals surface area contributed by atoms with Crippen LogP contribution in [0.3, 0.4) is 0 Å². The monoisotopic (exact) mass is 285 g/mol. The molecular formula is C12H15NO3S2. The molecule has 4 nitrogen and oxygen atoms in total. The second-order valence-electron chi connectivity index (χ2n) is 3.36. The van der Waals surface area contributed by atoms with E-state index in [9.17, 15) is 9.59 Å². The van der Waals surface area contributed by atoms with Crippen molar-refractivity contribution in [3.8, 4) is 0 Å². The molecule has 0 aliphatic heterocycles. The Morgan fingerprint density at radius 3 is 2.67 bits per heavy atom. The maximum atomic E-state index is 11.6. The van der Waals surface area contributed by atoms with Gasteiger partial charge in [0.05, 0.1) is 17.2 Å². The van der Waals surface area contributed by atoms with Crippen LogP contribution in [0, 0.1) is 0 Å². The summed E-state index contributed by atoms with van der Waals surface area (Å²) in [4.78, 5) is 23.0. The molecule has 0 heterocycles. The number of carboxylic acid groups (broad SMARTS) is 1. The zero-order valence-corrected chi connectivity index (χ0v) is 11.6. The largest absolute Gasteiger partial charge is 0.481 e. The Hall–Kier alpha value is -1.14. The standard InChI is InChI=1S/C12H15NO3S2/c1-2-18-10-6-4-3-5-9(10)13-11(14)7-17-8-12(15)16/h3-6H,2,7-8H2,1H3,(H,13,14)(H,15,16). The second-order valence-corrected chi connectivity index (χ2v) is 5.66. The van der Waals surface area contributed by atoms with Crippen molar-refractivity contribution in [2.75, 3.05) is 22.6 Å². The highest BCUT2D eigenvalue weighted by Crippen LogP contribution is 2.26. The third kappa shape index (κ3) is 5.46. The maximum absolute atomic E-state index is 11.6. The van der Waals surface area contributed by atoms with Gasteiger partial charge in [0.1, 0.15) is 0 Å². The predicted octanol–water partition coefficient (Wildman–Crippen LogP) is 2.55. The van der Waals surface area contributed by atoms with E-state index < -0.39 is 5.97 Å². The molecule has 98 valence electrons. The molecule has 0 aromatic heterocycles. The van der Waals surface area contributed by atoms with Crippen molar-refractivity contribution < 1.29 is 14.7 Å². The number of carbonyl (C=O) groups is 2. The fourth-order valence-corrected chi connectivity index (χ4v) is 2.56. The molecule has 2 N–H and O–H groups in total. The number of anilines is 1. The van der Waals surface area contributed by atoms with Gasteiger partial charge in [-0.15, -0.1) is 23.5 Å². The third-order valence-corrected chi connectivity index (χ3v) is 3.79. The fourth-order valence-electron chi connectivity index (χ4n) is 1.27. The van der Waals surface area contributed by atoms with Crippen LogP contribution in [0.1, 0.15) is 6.92 Å². The molecule has 0 bridgehead atoms. The second kappa shape index (κ2) is 8.05. The van der Waals surface area contributed by atoms with Gasteiger partial charge in [0.2, 0.25) is 5.91 Å². The average Bonchev–Trinajstić information content (AvgIpc) is 2.31. The Morgan fingerprint density at radius 1 is 1.28 bits per heavy atom. The van der Waals surface area contributed by atoms with Crippen LogP contribution >= 0.6 is 23.5 Å². The van der Waals surface area contributed by atoms with E-state index in [0.717, 1.165) is 28.1 Å². The molecule has 1 aromatic carbocycles. The Bertz CT molecular complexity index is 424. The molecule has 1 aromatic rings. The number of thioether (sulfide) groups is 2. The summed E-state index contributed by atoms with van der Waals surface area (Å²) in [6, 6.07) is 7.58. The first-order valence-electron chi connectivity index (χ1n) is 5.44. The molecule has 0 aliphatic rings. The topological polar surface area (TPSA) is 66.4 Å². The van der Waals surface area contributed by atoms with Crippen LogP contribution in [-0.2, 0) is 9.59 Å². The molecule has 0 unspecified atom stereocenters. The van der Waals surface area contributed by atoms with E-state index >= 15 is 0 Å². The van der Waals surface area contributed by atoms with Crippen molar-refractivity contribution in [1.82, 2.24) is 0 Å². The number of rotatable bonds is 7. The normalized spacial score (nSPS) is 10.1. The Morgan fingerprint density at radius 2 is 2.00 bits per heavy atom. The van der Waals surface area contributed by atoms with Gasteiger partial charge in [0, 0.05) is 4.90 Å². The summed E-state index contributed by atoms with van der Waals surface area (Å²) in [5.41, 5.74) is 0.783. The van der Waals surface area contributed by atoms with E-state index in [-0.39, 0.29) is 17.4 Å². The quantitative estimate of drug-likeness (QED) is 0.754. The third-order valence-electron chi connectivity index (χ3n) is 1.92. The molecule has 0 fully saturated rings. The fraction of sp³-hybridized carbons (Fsp3) is 0.333. The van der Waals surface area contributed by atoms with Crippen LogP contribution in [0.5, 0.6) is 0 Å². The summed E-state index contributed by atoms with van der Waals surface area (Å²) in [5.74, 6) is -0.0585. The summed E-state index contributed by atoms with van der Waals surface area (Å²) in [7, 11) is 0. The minimum absolute atomic E-state index is 0.0568. The number of carbonyl (C=O) groups excluding carboxylic acids is 1. The Labute approximate surface area is 115 Å². The lowest BCUT2D eigenvalue weighted by atomic mass is 10.3. The smallest absolute Gasteiger partial charge is 0.313 e. The molecular weight excluding hydrogens is 270 g/mol. The molecule has 1 rings (SSSR count). The van der Waals surface area contributed by atoms with Crippen LogP contribution in [0.25, 0.3) is 0 Å². The van der Waals surface area contributed by atoms with Crippen LogP contribution in [0.2, 0.25) is 0 Å². The van der Waals surface area contributed by atoms with Gasteiger partial charge in [-0.1, -0.05) is 19.1 Å². The molecule has 0 saturated heterocycles. The molecule has 0 aliphatic carbocycles.